The lowest BCUT2D eigenvalue weighted by Gasteiger charge is -2.30. The van der Waals surface area contributed by atoms with Crippen molar-refractivity contribution in [2.75, 3.05) is 0 Å². The van der Waals surface area contributed by atoms with E-state index >= 15 is 0 Å². The Morgan fingerprint density at radius 2 is 1.36 bits per heavy atom. The highest BCUT2D eigenvalue weighted by Crippen LogP contribution is 2.37. The van der Waals surface area contributed by atoms with Gasteiger partial charge in [0.15, 0.2) is 11.6 Å². The van der Waals surface area contributed by atoms with E-state index in [1.165, 1.54) is 127 Å². The molecule has 2 aliphatic carbocycles. The summed E-state index contributed by atoms with van der Waals surface area (Å²) in [6, 6.07) is 4.32. The Bertz CT molecular complexity index is 699. The predicted molar refractivity (Wildman–Crippen MR) is 137 cm³/mol. The lowest BCUT2D eigenvalue weighted by atomic mass is 9.76. The molecule has 1 aromatic rings. The van der Waals surface area contributed by atoms with E-state index in [1.807, 2.05) is 0 Å². The van der Waals surface area contributed by atoms with Crippen molar-refractivity contribution in [3.8, 4) is 0 Å². The molecule has 1 fully saturated rings. The Balaban J connectivity index is 1.22. The van der Waals surface area contributed by atoms with E-state index in [1.54, 1.807) is 6.07 Å². The van der Waals surface area contributed by atoms with Crippen LogP contribution in [0.4, 0.5) is 8.78 Å². The van der Waals surface area contributed by atoms with Crippen molar-refractivity contribution >= 4 is 0 Å². The van der Waals surface area contributed by atoms with E-state index in [0.29, 0.717) is 0 Å². The predicted octanol–water partition coefficient (Wildman–Crippen LogP) is 10.4. The molecule has 0 amide bonds. The molecule has 1 atom stereocenters. The highest BCUT2D eigenvalue weighted by molar-refractivity contribution is 5.19. The molecule has 1 aromatic carbocycles. The monoisotopic (exact) mass is 458 g/mol. The summed E-state index contributed by atoms with van der Waals surface area (Å²) in [6.07, 6.45) is 28.3. The molecule has 0 spiro atoms. The van der Waals surface area contributed by atoms with Crippen LogP contribution in [0.2, 0.25) is 0 Å². The molecule has 186 valence electrons. The van der Waals surface area contributed by atoms with Gasteiger partial charge in [-0.05, 0) is 74.0 Å². The maximum atomic E-state index is 13.4. The van der Waals surface area contributed by atoms with Crippen molar-refractivity contribution in [3.63, 3.8) is 0 Å². The van der Waals surface area contributed by atoms with Gasteiger partial charge in [0.1, 0.15) is 0 Å². The Morgan fingerprint density at radius 3 is 2.03 bits per heavy atom. The van der Waals surface area contributed by atoms with Crippen LogP contribution in [0.1, 0.15) is 128 Å². The number of hydrogen-bond donors (Lipinski definition) is 0. The SMILES string of the molecule is CCCCCCCCCC1CCC(CCC2CC=C(CCc3ccc(F)c(F)c3)CC2)CC1. The molecule has 0 bridgehead atoms. The summed E-state index contributed by atoms with van der Waals surface area (Å²) in [4.78, 5) is 0. The molecule has 3 rings (SSSR count). The van der Waals surface area contributed by atoms with Gasteiger partial charge in [0.2, 0.25) is 0 Å². The van der Waals surface area contributed by atoms with Crippen LogP contribution in [0.3, 0.4) is 0 Å². The van der Waals surface area contributed by atoms with E-state index < -0.39 is 11.6 Å². The topological polar surface area (TPSA) is 0 Å². The third kappa shape index (κ3) is 9.91. The molecule has 1 unspecified atom stereocenters. The minimum atomic E-state index is -0.750. The van der Waals surface area contributed by atoms with Crippen LogP contribution in [0.25, 0.3) is 0 Å². The van der Waals surface area contributed by atoms with Crippen molar-refractivity contribution in [1.82, 2.24) is 0 Å². The first-order valence-electron chi connectivity index (χ1n) is 14.3. The van der Waals surface area contributed by atoms with Gasteiger partial charge in [0.05, 0.1) is 0 Å². The van der Waals surface area contributed by atoms with Gasteiger partial charge in [0, 0.05) is 0 Å². The van der Waals surface area contributed by atoms with E-state index in [-0.39, 0.29) is 0 Å². The van der Waals surface area contributed by atoms with Crippen LogP contribution in [0.15, 0.2) is 29.8 Å². The number of allylic oxidation sites excluding steroid dienone is 2. The summed E-state index contributed by atoms with van der Waals surface area (Å²) in [5, 5.41) is 0. The van der Waals surface area contributed by atoms with Crippen LogP contribution in [-0.4, -0.2) is 0 Å². The minimum Gasteiger partial charge on any atom is -0.204 e. The first kappa shape index (κ1) is 26.4. The quantitative estimate of drug-likeness (QED) is 0.192. The third-order valence-corrected chi connectivity index (χ3v) is 8.50. The fraction of sp³-hybridized carbons (Fsp3) is 0.742. The van der Waals surface area contributed by atoms with Gasteiger partial charge in [-0.25, -0.2) is 8.78 Å². The summed E-state index contributed by atoms with van der Waals surface area (Å²) < 4.78 is 26.5. The molecule has 2 heteroatoms. The number of halogens is 2. The molecule has 0 heterocycles. The number of rotatable bonds is 14. The summed E-state index contributed by atoms with van der Waals surface area (Å²) >= 11 is 0. The smallest absolute Gasteiger partial charge is 0.159 e. The van der Waals surface area contributed by atoms with E-state index in [4.69, 9.17) is 0 Å². The molecule has 33 heavy (non-hydrogen) atoms. The molecule has 0 N–H and O–H groups in total. The first-order chi connectivity index (χ1) is 16.1. The van der Waals surface area contributed by atoms with Crippen LogP contribution >= 0.6 is 0 Å². The second-order valence-electron chi connectivity index (χ2n) is 11.1. The zero-order chi connectivity index (χ0) is 23.3. The largest absolute Gasteiger partial charge is 0.204 e. The van der Waals surface area contributed by atoms with Gasteiger partial charge < -0.3 is 0 Å². The van der Waals surface area contributed by atoms with Gasteiger partial charge in [-0.15, -0.1) is 0 Å². The van der Waals surface area contributed by atoms with Crippen LogP contribution in [-0.2, 0) is 6.42 Å². The second-order valence-corrected chi connectivity index (χ2v) is 11.1. The van der Waals surface area contributed by atoms with Crippen molar-refractivity contribution in [1.29, 1.82) is 0 Å². The highest BCUT2D eigenvalue weighted by Gasteiger charge is 2.22. The molecule has 0 radical (unpaired) electrons. The zero-order valence-corrected chi connectivity index (χ0v) is 21.2. The first-order valence-corrected chi connectivity index (χ1v) is 14.3. The lowest BCUT2D eigenvalue weighted by Crippen LogP contribution is -2.16. The number of aryl methyl sites for hydroxylation is 1. The van der Waals surface area contributed by atoms with Crippen LogP contribution in [0, 0.1) is 29.4 Å². The molecule has 0 aliphatic heterocycles. The van der Waals surface area contributed by atoms with Gasteiger partial charge in [-0.1, -0.05) is 108 Å². The maximum Gasteiger partial charge on any atom is 0.159 e. The van der Waals surface area contributed by atoms with E-state index in [2.05, 4.69) is 13.0 Å². The molecule has 2 aliphatic rings. The van der Waals surface area contributed by atoms with Crippen LogP contribution in [0.5, 0.6) is 0 Å². The summed E-state index contributed by atoms with van der Waals surface area (Å²) in [5.41, 5.74) is 2.42. The Morgan fingerprint density at radius 1 is 0.697 bits per heavy atom. The number of hydrogen-bond acceptors (Lipinski definition) is 0. The van der Waals surface area contributed by atoms with E-state index in [9.17, 15) is 8.78 Å². The normalized spacial score (nSPS) is 23.5. The molecular formula is C31H48F2. The average molecular weight is 459 g/mol. The van der Waals surface area contributed by atoms with Gasteiger partial charge in [0.25, 0.3) is 0 Å². The standard InChI is InChI=1S/C31H48F2/c1-2-3-4-5-6-7-8-9-25-10-12-26(13-11-25)14-15-27-16-18-28(19-17-27)20-21-29-22-23-30(32)31(33)24-29/h18,22-27H,2-17,19-21H2,1H3. The van der Waals surface area contributed by atoms with Crippen molar-refractivity contribution in [2.24, 2.45) is 17.8 Å². The summed E-state index contributed by atoms with van der Waals surface area (Å²) in [6.45, 7) is 2.29. The molecular weight excluding hydrogens is 410 g/mol. The fourth-order valence-corrected chi connectivity index (χ4v) is 6.10. The number of benzene rings is 1. The Hall–Kier alpha value is -1.18. The van der Waals surface area contributed by atoms with Crippen molar-refractivity contribution in [2.45, 2.75) is 129 Å². The Kier molecular flexibility index (Phi) is 12.0. The maximum absolute atomic E-state index is 13.4. The van der Waals surface area contributed by atoms with Gasteiger partial charge in [-0.2, -0.15) is 0 Å². The molecule has 0 aromatic heterocycles. The van der Waals surface area contributed by atoms with E-state index in [0.717, 1.165) is 36.2 Å². The number of unbranched alkanes of at least 4 members (excludes halogenated alkanes) is 6. The summed E-state index contributed by atoms with van der Waals surface area (Å²) in [5.74, 6) is 1.39. The Labute approximate surface area is 202 Å². The molecule has 1 saturated carbocycles. The average Bonchev–Trinajstić information content (AvgIpc) is 2.84. The van der Waals surface area contributed by atoms with Crippen LogP contribution < -0.4 is 0 Å². The fourth-order valence-electron chi connectivity index (χ4n) is 6.10. The molecule has 0 saturated heterocycles. The molecule has 0 nitrogen and oxygen atoms in total. The second kappa shape index (κ2) is 14.9. The van der Waals surface area contributed by atoms with Crippen molar-refractivity contribution in [3.05, 3.63) is 47.0 Å². The zero-order valence-electron chi connectivity index (χ0n) is 21.2. The minimum absolute atomic E-state index is 0.725. The lowest BCUT2D eigenvalue weighted by molar-refractivity contribution is 0.234. The van der Waals surface area contributed by atoms with Gasteiger partial charge in [-0.3, -0.25) is 0 Å². The third-order valence-electron chi connectivity index (χ3n) is 8.50. The highest BCUT2D eigenvalue weighted by atomic mass is 19.2. The summed E-state index contributed by atoms with van der Waals surface area (Å²) in [7, 11) is 0. The van der Waals surface area contributed by atoms with Crippen molar-refractivity contribution < 1.29 is 8.78 Å². The van der Waals surface area contributed by atoms with Gasteiger partial charge >= 0.3 is 0 Å².